The van der Waals surface area contributed by atoms with Crippen LogP contribution in [0.15, 0.2) is 12.2 Å². The van der Waals surface area contributed by atoms with Crippen LogP contribution in [-0.4, -0.2) is 29.9 Å². The summed E-state index contributed by atoms with van der Waals surface area (Å²) in [7, 11) is 0. The Morgan fingerprint density at radius 2 is 2.23 bits per heavy atom. The summed E-state index contributed by atoms with van der Waals surface area (Å²) in [4.78, 5) is 2.56. The zero-order valence-corrected chi connectivity index (χ0v) is 9.26. The van der Waals surface area contributed by atoms with Crippen molar-refractivity contribution in [1.29, 1.82) is 0 Å². The summed E-state index contributed by atoms with van der Waals surface area (Å²) in [6.07, 6.45) is 9.69. The lowest BCUT2D eigenvalue weighted by atomic mass is 9.91. The standard InChI is InChI=1S/C11H20ClN/c1-2-3-9-13(10-5-8-12)11-6-4-7-11/h2-3,11H,4-10H2,1H3/b3-2+. The van der Waals surface area contributed by atoms with Crippen LogP contribution < -0.4 is 0 Å². The van der Waals surface area contributed by atoms with Crippen LogP contribution in [0.5, 0.6) is 0 Å². The lowest BCUT2D eigenvalue weighted by Crippen LogP contribution is -2.40. The lowest BCUT2D eigenvalue weighted by molar-refractivity contribution is 0.142. The number of rotatable bonds is 6. The molecule has 13 heavy (non-hydrogen) atoms. The smallest absolute Gasteiger partial charge is 0.0235 e. The molecule has 1 aliphatic rings. The van der Waals surface area contributed by atoms with Crippen LogP contribution in [0.1, 0.15) is 32.6 Å². The highest BCUT2D eigenvalue weighted by Crippen LogP contribution is 2.24. The van der Waals surface area contributed by atoms with Crippen LogP contribution >= 0.6 is 11.6 Å². The molecule has 0 aromatic carbocycles. The van der Waals surface area contributed by atoms with E-state index in [9.17, 15) is 0 Å². The minimum atomic E-state index is 0.791. The molecule has 0 unspecified atom stereocenters. The Hall–Kier alpha value is -0.0100. The van der Waals surface area contributed by atoms with Crippen LogP contribution in [-0.2, 0) is 0 Å². The van der Waals surface area contributed by atoms with E-state index in [1.807, 2.05) is 0 Å². The molecule has 0 atom stereocenters. The summed E-state index contributed by atoms with van der Waals surface area (Å²) < 4.78 is 0. The van der Waals surface area contributed by atoms with Crippen molar-refractivity contribution >= 4 is 11.6 Å². The lowest BCUT2D eigenvalue weighted by Gasteiger charge is -2.36. The predicted molar refractivity (Wildman–Crippen MR) is 59.4 cm³/mol. The first-order chi connectivity index (χ1) is 6.38. The number of hydrogen-bond acceptors (Lipinski definition) is 1. The third-order valence-electron chi connectivity index (χ3n) is 2.75. The first-order valence-electron chi connectivity index (χ1n) is 5.29. The van der Waals surface area contributed by atoms with E-state index in [1.54, 1.807) is 0 Å². The molecule has 76 valence electrons. The van der Waals surface area contributed by atoms with Crippen molar-refractivity contribution < 1.29 is 0 Å². The Labute approximate surface area is 86.8 Å². The average Bonchev–Trinajstić information content (AvgIpc) is 2.06. The number of nitrogens with zero attached hydrogens (tertiary/aromatic N) is 1. The molecule has 0 aromatic heterocycles. The van der Waals surface area contributed by atoms with Gasteiger partial charge in [-0.15, -0.1) is 11.6 Å². The zero-order valence-electron chi connectivity index (χ0n) is 8.51. The molecule has 1 nitrogen and oxygen atoms in total. The molecule has 0 amide bonds. The fraction of sp³-hybridized carbons (Fsp3) is 0.818. The Morgan fingerprint density at radius 3 is 2.69 bits per heavy atom. The number of hydrogen-bond donors (Lipinski definition) is 0. The molecular weight excluding hydrogens is 182 g/mol. The molecule has 0 bridgehead atoms. The van der Waals surface area contributed by atoms with E-state index in [4.69, 9.17) is 11.6 Å². The van der Waals surface area contributed by atoms with Crippen molar-refractivity contribution in [3.63, 3.8) is 0 Å². The molecule has 0 saturated heterocycles. The number of alkyl halides is 1. The van der Waals surface area contributed by atoms with Crippen LogP contribution in [0.25, 0.3) is 0 Å². The summed E-state index contributed by atoms with van der Waals surface area (Å²) in [5.74, 6) is 0.791. The zero-order chi connectivity index (χ0) is 9.52. The summed E-state index contributed by atoms with van der Waals surface area (Å²) in [5.41, 5.74) is 0. The largest absolute Gasteiger partial charge is 0.297 e. The molecule has 0 radical (unpaired) electrons. The molecule has 2 heteroatoms. The number of allylic oxidation sites excluding steroid dienone is 1. The maximum Gasteiger partial charge on any atom is 0.0235 e. The van der Waals surface area contributed by atoms with Crippen molar-refractivity contribution in [1.82, 2.24) is 4.90 Å². The molecule has 0 spiro atoms. The highest BCUT2D eigenvalue weighted by Gasteiger charge is 2.23. The minimum Gasteiger partial charge on any atom is -0.297 e. The third kappa shape index (κ3) is 3.70. The van der Waals surface area contributed by atoms with Crippen molar-refractivity contribution in [2.45, 2.75) is 38.6 Å². The van der Waals surface area contributed by atoms with Gasteiger partial charge < -0.3 is 0 Å². The number of halogens is 1. The van der Waals surface area contributed by atoms with E-state index in [1.165, 1.54) is 25.8 Å². The highest BCUT2D eigenvalue weighted by molar-refractivity contribution is 6.17. The summed E-state index contributed by atoms with van der Waals surface area (Å²) in [6.45, 7) is 4.36. The van der Waals surface area contributed by atoms with Crippen molar-refractivity contribution in [2.24, 2.45) is 0 Å². The van der Waals surface area contributed by atoms with Gasteiger partial charge >= 0.3 is 0 Å². The monoisotopic (exact) mass is 201 g/mol. The molecule has 1 aliphatic carbocycles. The van der Waals surface area contributed by atoms with Crippen LogP contribution in [0.2, 0.25) is 0 Å². The van der Waals surface area contributed by atoms with E-state index in [0.717, 1.165) is 24.9 Å². The Balaban J connectivity index is 2.24. The second-order valence-corrected chi connectivity index (χ2v) is 4.07. The predicted octanol–water partition coefficient (Wildman–Crippen LogP) is 3.05. The Kier molecular flexibility index (Phi) is 5.49. The van der Waals surface area contributed by atoms with Gasteiger partial charge in [-0.05, 0) is 32.7 Å². The van der Waals surface area contributed by atoms with Gasteiger partial charge in [-0.3, -0.25) is 4.90 Å². The molecule has 1 rings (SSSR count). The van der Waals surface area contributed by atoms with Crippen LogP contribution in [0.4, 0.5) is 0 Å². The van der Waals surface area contributed by atoms with Gasteiger partial charge in [0.2, 0.25) is 0 Å². The molecule has 0 heterocycles. The minimum absolute atomic E-state index is 0.791. The van der Waals surface area contributed by atoms with E-state index >= 15 is 0 Å². The van der Waals surface area contributed by atoms with Gasteiger partial charge in [0.25, 0.3) is 0 Å². The molecule has 1 saturated carbocycles. The summed E-state index contributed by atoms with van der Waals surface area (Å²) in [5, 5.41) is 0. The average molecular weight is 202 g/mol. The highest BCUT2D eigenvalue weighted by atomic mass is 35.5. The van der Waals surface area contributed by atoms with Gasteiger partial charge in [-0.2, -0.15) is 0 Å². The fourth-order valence-corrected chi connectivity index (χ4v) is 1.80. The summed E-state index contributed by atoms with van der Waals surface area (Å²) >= 11 is 5.70. The van der Waals surface area contributed by atoms with Gasteiger partial charge in [0.15, 0.2) is 0 Å². The van der Waals surface area contributed by atoms with E-state index in [2.05, 4.69) is 24.0 Å². The van der Waals surface area contributed by atoms with Crippen LogP contribution in [0, 0.1) is 0 Å². The van der Waals surface area contributed by atoms with Gasteiger partial charge in [0.1, 0.15) is 0 Å². The Bertz CT molecular complexity index is 152. The molecule has 0 N–H and O–H groups in total. The second kappa shape index (κ2) is 6.44. The third-order valence-corrected chi connectivity index (χ3v) is 3.01. The molecular formula is C11H20ClN. The Morgan fingerprint density at radius 1 is 1.46 bits per heavy atom. The van der Waals surface area contributed by atoms with E-state index in [0.29, 0.717) is 0 Å². The second-order valence-electron chi connectivity index (χ2n) is 3.69. The molecule has 0 aromatic rings. The summed E-state index contributed by atoms with van der Waals surface area (Å²) in [6, 6.07) is 0.847. The maximum atomic E-state index is 5.70. The van der Waals surface area contributed by atoms with Gasteiger partial charge in [0, 0.05) is 18.5 Å². The normalized spacial score (nSPS) is 18.4. The van der Waals surface area contributed by atoms with Crippen molar-refractivity contribution in [3.8, 4) is 0 Å². The van der Waals surface area contributed by atoms with E-state index in [-0.39, 0.29) is 0 Å². The van der Waals surface area contributed by atoms with E-state index < -0.39 is 0 Å². The molecule has 0 aliphatic heterocycles. The first-order valence-corrected chi connectivity index (χ1v) is 5.83. The van der Waals surface area contributed by atoms with Crippen LogP contribution in [0.3, 0.4) is 0 Å². The fourth-order valence-electron chi connectivity index (χ4n) is 1.68. The maximum absolute atomic E-state index is 5.70. The topological polar surface area (TPSA) is 3.24 Å². The van der Waals surface area contributed by atoms with Crippen molar-refractivity contribution in [2.75, 3.05) is 19.0 Å². The van der Waals surface area contributed by atoms with Gasteiger partial charge in [-0.25, -0.2) is 0 Å². The SMILES string of the molecule is C/C=C/CN(CCCCl)C1CCC1. The van der Waals surface area contributed by atoms with Gasteiger partial charge in [-0.1, -0.05) is 18.6 Å². The quantitative estimate of drug-likeness (QED) is 0.472. The van der Waals surface area contributed by atoms with Gasteiger partial charge in [0.05, 0.1) is 0 Å². The first kappa shape index (κ1) is 11.1. The molecule has 1 fully saturated rings. The van der Waals surface area contributed by atoms with Crippen molar-refractivity contribution in [3.05, 3.63) is 12.2 Å².